The molecule has 0 aliphatic heterocycles. The zero-order chi connectivity index (χ0) is 31.6. The highest BCUT2D eigenvalue weighted by molar-refractivity contribution is 5.99. The van der Waals surface area contributed by atoms with Gasteiger partial charge in [0.15, 0.2) is 0 Å². The number of ether oxygens (including phenoxy) is 1. The molecule has 2 aliphatic carbocycles. The molecule has 0 amide bonds. The van der Waals surface area contributed by atoms with Crippen LogP contribution in [0.4, 0.5) is 0 Å². The molecule has 2 aromatic rings. The van der Waals surface area contributed by atoms with E-state index < -0.39 is 0 Å². The minimum atomic E-state index is -0.281. The van der Waals surface area contributed by atoms with Crippen molar-refractivity contribution in [3.63, 3.8) is 0 Å². The minimum absolute atomic E-state index is 0.00149. The zero-order valence-electron chi connectivity index (χ0n) is 26.9. The molecule has 0 saturated heterocycles. The summed E-state index contributed by atoms with van der Waals surface area (Å²) in [5, 5.41) is 0. The number of rotatable bonds is 13. The predicted molar refractivity (Wildman–Crippen MR) is 175 cm³/mol. The number of Topliss-reactive ketones (excluding diaryl/α,β-unsaturated/α-hetero) is 3. The predicted octanol–water partition coefficient (Wildman–Crippen LogP) is 8.75. The van der Waals surface area contributed by atoms with Crippen molar-refractivity contribution in [1.29, 1.82) is 0 Å². The summed E-state index contributed by atoms with van der Waals surface area (Å²) >= 11 is 0. The van der Waals surface area contributed by atoms with E-state index in [2.05, 4.69) is 37.3 Å². The number of hydrogen-bond acceptors (Lipinski definition) is 5. The first-order valence-corrected chi connectivity index (χ1v) is 16.4. The third-order valence-corrected chi connectivity index (χ3v) is 9.44. The molecule has 44 heavy (non-hydrogen) atoms. The fourth-order valence-corrected chi connectivity index (χ4v) is 7.32. The van der Waals surface area contributed by atoms with Gasteiger partial charge in [-0.05, 0) is 79.2 Å². The monoisotopic (exact) mass is 596 g/mol. The highest BCUT2D eigenvalue weighted by Gasteiger charge is 2.31. The summed E-state index contributed by atoms with van der Waals surface area (Å²) in [6.07, 6.45) is 10.1. The fraction of sp³-hybridized carbons (Fsp3) is 0.487. The average Bonchev–Trinajstić information content (AvgIpc) is 3.30. The van der Waals surface area contributed by atoms with Crippen LogP contribution in [0.3, 0.4) is 0 Å². The summed E-state index contributed by atoms with van der Waals surface area (Å²) in [6.45, 7) is 7.86. The molecule has 5 nitrogen and oxygen atoms in total. The van der Waals surface area contributed by atoms with E-state index in [0.29, 0.717) is 12.8 Å². The van der Waals surface area contributed by atoms with Crippen molar-refractivity contribution < 1.29 is 23.9 Å². The van der Waals surface area contributed by atoms with Crippen LogP contribution in [-0.4, -0.2) is 29.9 Å². The number of carbonyl (C=O) groups is 4. The third-order valence-electron chi connectivity index (χ3n) is 9.44. The van der Waals surface area contributed by atoms with Gasteiger partial charge < -0.3 is 4.74 Å². The Hall–Kier alpha value is -3.60. The lowest BCUT2D eigenvalue weighted by molar-refractivity contribution is -0.143. The van der Waals surface area contributed by atoms with Gasteiger partial charge in [0, 0.05) is 24.7 Å². The summed E-state index contributed by atoms with van der Waals surface area (Å²) < 4.78 is 5.87. The Balaban J connectivity index is 1.38. The molecule has 5 heteroatoms. The van der Waals surface area contributed by atoms with Gasteiger partial charge in [-0.1, -0.05) is 92.9 Å². The third kappa shape index (κ3) is 8.52. The van der Waals surface area contributed by atoms with Gasteiger partial charge in [-0.25, -0.2) is 0 Å². The fourth-order valence-electron chi connectivity index (χ4n) is 7.32. The van der Waals surface area contributed by atoms with Crippen LogP contribution >= 0.6 is 0 Å². The zero-order valence-corrected chi connectivity index (χ0v) is 26.9. The number of benzene rings is 2. The standard InChI is InChI=1S/C39H48O5/c1-5-13-30(32(6-2)38(42)21-27(4)40)22-28-14-7-8-15-29(26(3)20-31(41)23-28)24-39(43)44-25-37-35-18-11-9-16-33(35)34-17-10-12-19-36(34)37/h8-12,15-19,28,30,32,37H,5-7,13-14,20-25H2,1-4H3. The van der Waals surface area contributed by atoms with Crippen LogP contribution in [0.1, 0.15) is 109 Å². The second-order valence-corrected chi connectivity index (χ2v) is 12.8. The van der Waals surface area contributed by atoms with Gasteiger partial charge in [0.25, 0.3) is 0 Å². The minimum Gasteiger partial charge on any atom is -0.464 e. The van der Waals surface area contributed by atoms with E-state index in [1.165, 1.54) is 29.2 Å². The smallest absolute Gasteiger partial charge is 0.310 e. The van der Waals surface area contributed by atoms with Gasteiger partial charge in [-0.3, -0.25) is 19.2 Å². The van der Waals surface area contributed by atoms with Gasteiger partial charge >= 0.3 is 5.97 Å². The molecule has 2 aromatic carbocycles. The average molecular weight is 597 g/mol. The first-order chi connectivity index (χ1) is 21.2. The lowest BCUT2D eigenvalue weighted by atomic mass is 9.75. The number of fused-ring (bicyclic) bond motifs is 3. The van der Waals surface area contributed by atoms with Crippen LogP contribution in [0.5, 0.6) is 0 Å². The summed E-state index contributed by atoms with van der Waals surface area (Å²) in [5.74, 6) is 0.107. The number of ketones is 3. The Morgan fingerprint density at radius 3 is 2.25 bits per heavy atom. The van der Waals surface area contributed by atoms with Crippen LogP contribution in [0.15, 0.2) is 71.8 Å². The van der Waals surface area contributed by atoms with Crippen LogP contribution in [-0.2, 0) is 23.9 Å². The molecule has 0 saturated carbocycles. The van der Waals surface area contributed by atoms with Gasteiger partial charge in [0.05, 0.1) is 12.8 Å². The Kier molecular flexibility index (Phi) is 12.1. The van der Waals surface area contributed by atoms with Crippen molar-refractivity contribution in [3.8, 4) is 11.1 Å². The SMILES string of the molecule is CCCC(CC1CCC=CC(CC(=O)OCC2c3ccccc3-c3ccccc32)=C(C)CC(=O)C1)C(CC)C(=O)CC(C)=O. The molecule has 0 aromatic heterocycles. The Bertz CT molecular complexity index is 1370. The Morgan fingerprint density at radius 2 is 1.64 bits per heavy atom. The maximum absolute atomic E-state index is 13.3. The maximum Gasteiger partial charge on any atom is 0.310 e. The molecule has 2 aliphatic rings. The van der Waals surface area contributed by atoms with E-state index in [9.17, 15) is 19.2 Å². The van der Waals surface area contributed by atoms with Gasteiger partial charge in [-0.2, -0.15) is 0 Å². The van der Waals surface area contributed by atoms with Crippen LogP contribution in [0.2, 0.25) is 0 Å². The number of esters is 1. The highest BCUT2D eigenvalue weighted by atomic mass is 16.5. The lowest BCUT2D eigenvalue weighted by Gasteiger charge is -2.29. The molecule has 0 radical (unpaired) electrons. The van der Waals surface area contributed by atoms with Crippen LogP contribution < -0.4 is 0 Å². The highest BCUT2D eigenvalue weighted by Crippen LogP contribution is 2.44. The van der Waals surface area contributed by atoms with Crippen LogP contribution in [0.25, 0.3) is 11.1 Å². The summed E-state index contributed by atoms with van der Waals surface area (Å²) in [4.78, 5) is 50.9. The molecule has 0 N–H and O–H groups in total. The molecule has 3 unspecified atom stereocenters. The maximum atomic E-state index is 13.3. The molecule has 0 bridgehead atoms. The normalized spacial score (nSPS) is 18.4. The molecule has 4 rings (SSSR count). The van der Waals surface area contributed by atoms with Gasteiger partial charge in [0.2, 0.25) is 0 Å². The number of hydrogen-bond donors (Lipinski definition) is 0. The van der Waals surface area contributed by atoms with Crippen molar-refractivity contribution in [3.05, 3.63) is 83.0 Å². The van der Waals surface area contributed by atoms with Crippen LogP contribution in [0, 0.1) is 17.8 Å². The summed E-state index contributed by atoms with van der Waals surface area (Å²) in [7, 11) is 0. The molecular weight excluding hydrogens is 548 g/mol. The van der Waals surface area contributed by atoms with Crippen molar-refractivity contribution >= 4 is 23.3 Å². The quantitative estimate of drug-likeness (QED) is 0.171. The number of carbonyl (C=O) groups excluding carboxylic acids is 4. The van der Waals surface area contributed by atoms with Crippen molar-refractivity contribution in [1.82, 2.24) is 0 Å². The van der Waals surface area contributed by atoms with E-state index in [0.717, 1.165) is 49.7 Å². The summed E-state index contributed by atoms with van der Waals surface area (Å²) in [6, 6.07) is 16.6. The van der Waals surface area contributed by atoms with E-state index in [1.54, 1.807) is 0 Å². The molecule has 3 atom stereocenters. The molecule has 234 valence electrons. The van der Waals surface area contributed by atoms with E-state index in [-0.39, 0.29) is 66.4 Å². The second kappa shape index (κ2) is 15.9. The topological polar surface area (TPSA) is 77.5 Å². The van der Waals surface area contributed by atoms with Gasteiger partial charge in [0.1, 0.15) is 24.0 Å². The molecule has 0 heterocycles. The second-order valence-electron chi connectivity index (χ2n) is 12.8. The first kappa shape index (κ1) is 33.3. The number of allylic oxidation sites excluding steroid dienone is 3. The summed E-state index contributed by atoms with van der Waals surface area (Å²) in [5.41, 5.74) is 6.54. The lowest BCUT2D eigenvalue weighted by Crippen LogP contribution is -2.27. The molecule has 0 spiro atoms. The molecule has 0 fully saturated rings. The van der Waals surface area contributed by atoms with Gasteiger partial charge in [-0.15, -0.1) is 0 Å². The van der Waals surface area contributed by atoms with Crippen molar-refractivity contribution in [2.75, 3.05) is 6.61 Å². The van der Waals surface area contributed by atoms with E-state index in [4.69, 9.17) is 4.74 Å². The van der Waals surface area contributed by atoms with Crippen molar-refractivity contribution in [2.24, 2.45) is 17.8 Å². The Morgan fingerprint density at radius 1 is 0.977 bits per heavy atom. The van der Waals surface area contributed by atoms with E-state index in [1.807, 2.05) is 44.2 Å². The first-order valence-electron chi connectivity index (χ1n) is 16.4. The van der Waals surface area contributed by atoms with E-state index >= 15 is 0 Å². The molecular formula is C39H48O5. The largest absolute Gasteiger partial charge is 0.464 e. The Labute approximate surface area is 263 Å². The van der Waals surface area contributed by atoms with Crippen molar-refractivity contribution in [2.45, 2.75) is 97.8 Å².